The lowest BCUT2D eigenvalue weighted by atomic mass is 10.1. The average Bonchev–Trinajstić information content (AvgIpc) is 2.40. The van der Waals surface area contributed by atoms with Gasteiger partial charge in [-0.3, -0.25) is 0 Å². The Labute approximate surface area is 112 Å². The summed E-state index contributed by atoms with van der Waals surface area (Å²) >= 11 is 0. The van der Waals surface area contributed by atoms with Crippen LogP contribution in [0.15, 0.2) is 42.5 Å². The molecule has 96 valence electrons. The fraction of sp³-hybridized carbons (Fsp3) is 0.188. The van der Waals surface area contributed by atoms with Gasteiger partial charge in [0.05, 0.1) is 11.6 Å². The van der Waals surface area contributed by atoms with Crippen LogP contribution in [0.4, 0.5) is 4.39 Å². The first-order chi connectivity index (χ1) is 9.19. The first kappa shape index (κ1) is 13.3. The number of halogens is 1. The van der Waals surface area contributed by atoms with Gasteiger partial charge in [0.15, 0.2) is 0 Å². The van der Waals surface area contributed by atoms with E-state index in [2.05, 4.69) is 11.4 Å². The number of nitrogens with zero attached hydrogens (tertiary/aromatic N) is 1. The lowest BCUT2D eigenvalue weighted by molar-refractivity contribution is 0.620. The molecule has 19 heavy (non-hydrogen) atoms. The van der Waals surface area contributed by atoms with Crippen molar-refractivity contribution in [2.75, 3.05) is 0 Å². The predicted molar refractivity (Wildman–Crippen MR) is 72.8 cm³/mol. The standard InChI is InChI=1S/C16H15FN2/c1-12-7-13(9-18)5-6-15(12)11-19-10-14-3-2-4-16(17)8-14/h2-8,19H,10-11H2,1H3. The van der Waals surface area contributed by atoms with Crippen molar-refractivity contribution < 1.29 is 4.39 Å². The number of aryl methyl sites for hydroxylation is 1. The Balaban J connectivity index is 1.94. The van der Waals surface area contributed by atoms with Gasteiger partial charge in [0.1, 0.15) is 5.82 Å². The van der Waals surface area contributed by atoms with Crippen molar-refractivity contribution in [3.05, 3.63) is 70.5 Å². The Morgan fingerprint density at radius 3 is 2.68 bits per heavy atom. The van der Waals surface area contributed by atoms with Crippen LogP contribution in [0.3, 0.4) is 0 Å². The van der Waals surface area contributed by atoms with E-state index < -0.39 is 0 Å². The molecule has 2 aromatic rings. The van der Waals surface area contributed by atoms with E-state index in [9.17, 15) is 4.39 Å². The molecule has 0 saturated heterocycles. The maximum Gasteiger partial charge on any atom is 0.123 e. The summed E-state index contributed by atoms with van der Waals surface area (Å²) in [6.07, 6.45) is 0. The van der Waals surface area contributed by atoms with Gasteiger partial charge in [-0.15, -0.1) is 0 Å². The van der Waals surface area contributed by atoms with Crippen molar-refractivity contribution >= 4 is 0 Å². The van der Waals surface area contributed by atoms with Crippen LogP contribution in [0.2, 0.25) is 0 Å². The van der Waals surface area contributed by atoms with Crippen LogP contribution in [0.1, 0.15) is 22.3 Å². The number of rotatable bonds is 4. The van der Waals surface area contributed by atoms with E-state index in [0.29, 0.717) is 18.7 Å². The van der Waals surface area contributed by atoms with Crippen LogP contribution in [-0.2, 0) is 13.1 Å². The van der Waals surface area contributed by atoms with Crippen molar-refractivity contribution in [2.24, 2.45) is 0 Å². The van der Waals surface area contributed by atoms with Gasteiger partial charge in [0.25, 0.3) is 0 Å². The minimum atomic E-state index is -0.214. The largest absolute Gasteiger partial charge is 0.309 e. The summed E-state index contributed by atoms with van der Waals surface area (Å²) in [5, 5.41) is 12.1. The molecule has 2 nitrogen and oxygen atoms in total. The van der Waals surface area contributed by atoms with Crippen LogP contribution in [-0.4, -0.2) is 0 Å². The third-order valence-corrected chi connectivity index (χ3v) is 3.01. The summed E-state index contributed by atoms with van der Waals surface area (Å²) in [7, 11) is 0. The van der Waals surface area contributed by atoms with Gasteiger partial charge < -0.3 is 5.32 Å². The van der Waals surface area contributed by atoms with Crippen LogP contribution in [0.25, 0.3) is 0 Å². The van der Waals surface area contributed by atoms with E-state index in [-0.39, 0.29) is 5.82 Å². The summed E-state index contributed by atoms with van der Waals surface area (Å²) in [6, 6.07) is 14.3. The zero-order chi connectivity index (χ0) is 13.7. The SMILES string of the molecule is Cc1cc(C#N)ccc1CNCc1cccc(F)c1. The third kappa shape index (κ3) is 3.64. The van der Waals surface area contributed by atoms with E-state index in [0.717, 1.165) is 16.7 Å². The third-order valence-electron chi connectivity index (χ3n) is 3.01. The van der Waals surface area contributed by atoms with Gasteiger partial charge in [-0.25, -0.2) is 4.39 Å². The Morgan fingerprint density at radius 2 is 2.00 bits per heavy atom. The first-order valence-corrected chi connectivity index (χ1v) is 6.14. The summed E-state index contributed by atoms with van der Waals surface area (Å²) < 4.78 is 13.0. The molecule has 0 unspecified atom stereocenters. The van der Waals surface area contributed by atoms with E-state index in [1.165, 1.54) is 12.1 Å². The highest BCUT2D eigenvalue weighted by Gasteiger charge is 2.00. The molecule has 0 amide bonds. The average molecular weight is 254 g/mol. The van der Waals surface area contributed by atoms with Gasteiger partial charge in [-0.1, -0.05) is 18.2 Å². The molecule has 2 rings (SSSR count). The van der Waals surface area contributed by atoms with Gasteiger partial charge >= 0.3 is 0 Å². The molecule has 0 atom stereocenters. The maximum absolute atomic E-state index is 13.0. The number of hydrogen-bond donors (Lipinski definition) is 1. The van der Waals surface area contributed by atoms with Crippen LogP contribution in [0, 0.1) is 24.1 Å². The van der Waals surface area contributed by atoms with E-state index in [1.807, 2.05) is 31.2 Å². The molecule has 0 heterocycles. The van der Waals surface area contributed by atoms with Gasteiger partial charge in [-0.2, -0.15) is 5.26 Å². The zero-order valence-electron chi connectivity index (χ0n) is 10.8. The second-order valence-electron chi connectivity index (χ2n) is 4.49. The normalized spacial score (nSPS) is 10.2. The molecule has 0 aliphatic heterocycles. The monoisotopic (exact) mass is 254 g/mol. The van der Waals surface area contributed by atoms with Crippen LogP contribution in [0.5, 0.6) is 0 Å². The summed E-state index contributed by atoms with van der Waals surface area (Å²) in [5.41, 5.74) is 3.83. The molecule has 3 heteroatoms. The van der Waals surface area contributed by atoms with Crippen molar-refractivity contribution in [2.45, 2.75) is 20.0 Å². The smallest absolute Gasteiger partial charge is 0.123 e. The Morgan fingerprint density at radius 1 is 1.16 bits per heavy atom. The van der Waals surface area contributed by atoms with E-state index in [4.69, 9.17) is 5.26 Å². The summed E-state index contributed by atoms with van der Waals surface area (Å²) in [4.78, 5) is 0. The van der Waals surface area contributed by atoms with Crippen molar-refractivity contribution in [1.29, 1.82) is 5.26 Å². The lowest BCUT2D eigenvalue weighted by Gasteiger charge is -2.08. The Bertz CT molecular complexity index is 614. The zero-order valence-corrected chi connectivity index (χ0v) is 10.8. The number of hydrogen-bond acceptors (Lipinski definition) is 2. The fourth-order valence-corrected chi connectivity index (χ4v) is 1.95. The summed E-state index contributed by atoms with van der Waals surface area (Å²) in [5.74, 6) is -0.214. The highest BCUT2D eigenvalue weighted by Crippen LogP contribution is 2.11. The fourth-order valence-electron chi connectivity index (χ4n) is 1.95. The highest BCUT2D eigenvalue weighted by atomic mass is 19.1. The van der Waals surface area contributed by atoms with Gasteiger partial charge in [-0.05, 0) is 47.9 Å². The molecule has 0 fully saturated rings. The molecule has 2 aromatic carbocycles. The van der Waals surface area contributed by atoms with Gasteiger partial charge in [0.2, 0.25) is 0 Å². The number of nitrogens with one attached hydrogen (secondary N) is 1. The molecule has 0 saturated carbocycles. The molecule has 0 bridgehead atoms. The molecule has 1 N–H and O–H groups in total. The molecular formula is C16H15FN2. The number of nitriles is 1. The lowest BCUT2D eigenvalue weighted by Crippen LogP contribution is -2.13. The van der Waals surface area contributed by atoms with Crippen LogP contribution < -0.4 is 5.32 Å². The molecule has 0 aliphatic carbocycles. The molecule has 0 aromatic heterocycles. The molecule has 0 radical (unpaired) electrons. The Hall–Kier alpha value is -2.18. The minimum Gasteiger partial charge on any atom is -0.309 e. The quantitative estimate of drug-likeness (QED) is 0.908. The minimum absolute atomic E-state index is 0.214. The highest BCUT2D eigenvalue weighted by molar-refractivity contribution is 5.37. The van der Waals surface area contributed by atoms with E-state index >= 15 is 0 Å². The second-order valence-corrected chi connectivity index (χ2v) is 4.49. The second kappa shape index (κ2) is 6.12. The van der Waals surface area contributed by atoms with Crippen molar-refractivity contribution in [3.8, 4) is 6.07 Å². The Kier molecular flexibility index (Phi) is 4.27. The van der Waals surface area contributed by atoms with Crippen LogP contribution >= 0.6 is 0 Å². The summed E-state index contributed by atoms with van der Waals surface area (Å²) in [6.45, 7) is 3.31. The van der Waals surface area contributed by atoms with Crippen molar-refractivity contribution in [3.63, 3.8) is 0 Å². The topological polar surface area (TPSA) is 35.8 Å². The predicted octanol–water partition coefficient (Wildman–Crippen LogP) is 3.30. The first-order valence-electron chi connectivity index (χ1n) is 6.14. The molecular weight excluding hydrogens is 239 g/mol. The molecule has 0 aliphatic rings. The van der Waals surface area contributed by atoms with Crippen molar-refractivity contribution in [1.82, 2.24) is 5.32 Å². The van der Waals surface area contributed by atoms with E-state index in [1.54, 1.807) is 6.07 Å². The van der Waals surface area contributed by atoms with Gasteiger partial charge in [0, 0.05) is 13.1 Å². The molecule has 0 spiro atoms. The maximum atomic E-state index is 13.0. The number of benzene rings is 2.